The van der Waals surface area contributed by atoms with E-state index >= 15 is 0 Å². The maximum Gasteiger partial charge on any atom is 0.409 e. The lowest BCUT2D eigenvalue weighted by molar-refractivity contribution is -0.111. The molecule has 1 amide bonds. The summed E-state index contributed by atoms with van der Waals surface area (Å²) in [6.45, 7) is 7.52. The maximum atomic E-state index is 12.4. The van der Waals surface area contributed by atoms with E-state index in [-0.39, 0.29) is 23.8 Å². The number of hydrogen-bond donors (Lipinski definition) is 0. The minimum absolute atomic E-state index is 0.0911. The first-order chi connectivity index (χ1) is 17.3. The molecule has 2 aromatic carbocycles. The van der Waals surface area contributed by atoms with Crippen LogP contribution in [0.3, 0.4) is 0 Å². The highest BCUT2D eigenvalue weighted by Crippen LogP contribution is 2.33. The van der Waals surface area contributed by atoms with Crippen molar-refractivity contribution >= 4 is 35.0 Å². The predicted octanol–water partition coefficient (Wildman–Crippen LogP) is 5.88. The van der Waals surface area contributed by atoms with E-state index in [9.17, 15) is 9.59 Å². The molecule has 1 saturated heterocycles. The summed E-state index contributed by atoms with van der Waals surface area (Å²) in [5.41, 5.74) is 2.79. The minimum Gasteiger partial charge on any atom is -0.493 e. The quantitative estimate of drug-likeness (QED) is 0.225. The molecule has 0 aliphatic carbocycles. The van der Waals surface area contributed by atoms with E-state index in [0.717, 1.165) is 38.2 Å². The van der Waals surface area contributed by atoms with E-state index in [2.05, 4.69) is 27.6 Å². The zero-order valence-electron chi connectivity index (χ0n) is 20.8. The molecule has 36 heavy (non-hydrogen) atoms. The Bertz CT molecular complexity index is 1210. The lowest BCUT2D eigenvalue weighted by Crippen LogP contribution is -2.30. The van der Waals surface area contributed by atoms with Crippen molar-refractivity contribution in [2.75, 3.05) is 26.3 Å². The molecule has 0 spiro atoms. The highest BCUT2D eigenvalue weighted by molar-refractivity contribution is 14.1. The maximum absolute atomic E-state index is 12.4. The average molecular weight is 602 g/mol. The monoisotopic (exact) mass is 602 g/mol. The van der Waals surface area contributed by atoms with Gasteiger partial charge in [-0.1, -0.05) is 32.0 Å². The topological polar surface area (TPSA) is 81.9 Å². The number of likely N-dealkylation sites (tertiary alicyclic amines) is 1. The third-order valence-electron chi connectivity index (χ3n) is 6.20. The molecule has 0 saturated carbocycles. The van der Waals surface area contributed by atoms with Gasteiger partial charge in [-0.15, -0.1) is 0 Å². The number of aldehydes is 1. The van der Waals surface area contributed by atoms with Crippen LogP contribution in [0.15, 0.2) is 52.9 Å². The third kappa shape index (κ3) is 6.46. The molecular formula is C28H31IN2O5. The van der Waals surface area contributed by atoms with Crippen molar-refractivity contribution in [3.8, 4) is 17.2 Å². The molecule has 2 atom stereocenters. The highest BCUT2D eigenvalue weighted by Gasteiger charge is 2.37. The minimum atomic E-state index is -0.363. The molecule has 3 aromatic rings. The van der Waals surface area contributed by atoms with Crippen LogP contribution < -0.4 is 4.74 Å². The first-order valence-corrected chi connectivity index (χ1v) is 13.2. The molecule has 1 aliphatic rings. The summed E-state index contributed by atoms with van der Waals surface area (Å²) in [6.07, 6.45) is 1.18. The van der Waals surface area contributed by atoms with Crippen LogP contribution in [0.4, 0.5) is 4.79 Å². The third-order valence-corrected chi connectivity index (χ3v) is 6.87. The van der Waals surface area contributed by atoms with Crippen LogP contribution >= 0.6 is 22.6 Å². The molecule has 0 radical (unpaired) electrons. The van der Waals surface area contributed by atoms with Gasteiger partial charge in [-0.05, 0) is 71.3 Å². The summed E-state index contributed by atoms with van der Waals surface area (Å²) < 4.78 is 18.4. The van der Waals surface area contributed by atoms with E-state index < -0.39 is 0 Å². The van der Waals surface area contributed by atoms with Gasteiger partial charge in [0.05, 0.1) is 18.9 Å². The summed E-state index contributed by atoms with van der Waals surface area (Å²) >= 11 is 2.27. The fourth-order valence-corrected chi connectivity index (χ4v) is 4.85. The Kier molecular flexibility index (Phi) is 8.66. The molecule has 0 N–H and O–H groups in total. The van der Waals surface area contributed by atoms with Gasteiger partial charge in [0.1, 0.15) is 17.8 Å². The molecule has 1 aliphatic heterocycles. The summed E-state index contributed by atoms with van der Waals surface area (Å²) in [6, 6.07) is 15.8. The molecule has 0 bridgehead atoms. The molecular weight excluding hydrogens is 571 g/mol. The van der Waals surface area contributed by atoms with Gasteiger partial charge in [0, 0.05) is 40.5 Å². The SMILES string of the molecule is Cc1oc(-c2cccc(I)c2)nc1CCOc1cccc([C@@H]2CN(C(=O)OCC(C)C)CC2C=O)c1. The molecule has 7 nitrogen and oxygen atoms in total. The summed E-state index contributed by atoms with van der Waals surface area (Å²) in [7, 11) is 0. The van der Waals surface area contributed by atoms with Crippen LogP contribution in [0.1, 0.15) is 36.8 Å². The Morgan fingerprint density at radius 3 is 2.78 bits per heavy atom. The van der Waals surface area contributed by atoms with Crippen molar-refractivity contribution in [1.29, 1.82) is 0 Å². The van der Waals surface area contributed by atoms with Crippen molar-refractivity contribution in [1.82, 2.24) is 9.88 Å². The largest absolute Gasteiger partial charge is 0.493 e. The van der Waals surface area contributed by atoms with E-state index in [1.807, 2.05) is 69.3 Å². The standard InChI is InChI=1S/C28H31IN2O5/c1-18(2)17-35-28(33)31-14-22(16-32)25(15-31)20-6-5-9-24(13-20)34-11-10-26-19(3)36-27(30-26)21-7-4-8-23(29)12-21/h4-9,12-13,16,18,22,25H,10-11,14-15,17H2,1-3H3/t22?,25-/m0/s1. The number of aromatic nitrogens is 1. The van der Waals surface area contributed by atoms with Gasteiger partial charge in [-0.2, -0.15) is 0 Å². The Labute approximate surface area is 225 Å². The summed E-state index contributed by atoms with van der Waals surface area (Å²) in [4.78, 5) is 30.5. The van der Waals surface area contributed by atoms with Crippen LogP contribution in [0.2, 0.25) is 0 Å². The molecule has 1 unspecified atom stereocenters. The number of hydrogen-bond acceptors (Lipinski definition) is 6. The number of amides is 1. The second-order valence-corrected chi connectivity index (χ2v) is 10.7. The van der Waals surface area contributed by atoms with E-state index in [1.54, 1.807) is 4.90 Å². The van der Waals surface area contributed by atoms with Crippen LogP contribution in [0.5, 0.6) is 5.75 Å². The van der Waals surface area contributed by atoms with Crippen LogP contribution in [0, 0.1) is 22.3 Å². The number of benzene rings is 2. The predicted molar refractivity (Wildman–Crippen MR) is 145 cm³/mol. The first kappa shape index (κ1) is 26.2. The van der Waals surface area contributed by atoms with Crippen molar-refractivity contribution in [3.05, 3.63) is 69.1 Å². The molecule has 1 fully saturated rings. The second-order valence-electron chi connectivity index (χ2n) is 9.49. The number of rotatable bonds is 9. The first-order valence-electron chi connectivity index (χ1n) is 12.2. The zero-order chi connectivity index (χ0) is 25.7. The fourth-order valence-electron chi connectivity index (χ4n) is 4.30. The Balaban J connectivity index is 1.37. The molecule has 4 rings (SSSR count). The molecule has 1 aromatic heterocycles. The van der Waals surface area contributed by atoms with Crippen molar-refractivity contribution in [3.63, 3.8) is 0 Å². The van der Waals surface area contributed by atoms with Crippen LogP contribution in [-0.4, -0.2) is 48.6 Å². The van der Waals surface area contributed by atoms with Gasteiger partial charge >= 0.3 is 6.09 Å². The number of halogens is 1. The van der Waals surface area contributed by atoms with Gasteiger partial charge in [0.2, 0.25) is 5.89 Å². The summed E-state index contributed by atoms with van der Waals surface area (Å²) in [5.74, 6) is 2.01. The van der Waals surface area contributed by atoms with Crippen molar-refractivity contribution in [2.24, 2.45) is 11.8 Å². The lowest BCUT2D eigenvalue weighted by atomic mass is 9.90. The van der Waals surface area contributed by atoms with E-state index in [1.165, 1.54) is 0 Å². The van der Waals surface area contributed by atoms with Crippen LogP contribution in [0.25, 0.3) is 11.5 Å². The van der Waals surface area contributed by atoms with Gasteiger partial charge in [0.25, 0.3) is 0 Å². The number of oxazole rings is 1. The van der Waals surface area contributed by atoms with Gasteiger partial charge < -0.3 is 23.6 Å². The summed E-state index contributed by atoms with van der Waals surface area (Å²) in [5, 5.41) is 0. The van der Waals surface area contributed by atoms with Crippen molar-refractivity contribution in [2.45, 2.75) is 33.1 Å². The van der Waals surface area contributed by atoms with Gasteiger partial charge in [0.15, 0.2) is 0 Å². The Morgan fingerprint density at radius 2 is 2.03 bits per heavy atom. The number of carbonyl (C=O) groups excluding carboxylic acids is 2. The van der Waals surface area contributed by atoms with Gasteiger partial charge in [-0.25, -0.2) is 9.78 Å². The van der Waals surface area contributed by atoms with Crippen molar-refractivity contribution < 1.29 is 23.5 Å². The Morgan fingerprint density at radius 1 is 1.22 bits per heavy atom. The highest BCUT2D eigenvalue weighted by atomic mass is 127. The average Bonchev–Trinajstić information content (AvgIpc) is 3.46. The molecule has 190 valence electrons. The number of carbonyl (C=O) groups is 2. The van der Waals surface area contributed by atoms with E-state index in [4.69, 9.17) is 13.9 Å². The smallest absolute Gasteiger partial charge is 0.409 e. The number of ether oxygens (including phenoxy) is 2. The second kappa shape index (κ2) is 11.9. The number of nitrogens with zero attached hydrogens (tertiary/aromatic N) is 2. The molecule has 8 heteroatoms. The zero-order valence-corrected chi connectivity index (χ0v) is 22.9. The van der Waals surface area contributed by atoms with E-state index in [0.29, 0.717) is 38.6 Å². The fraction of sp³-hybridized carbons (Fsp3) is 0.393. The van der Waals surface area contributed by atoms with Crippen LogP contribution in [-0.2, 0) is 16.0 Å². The number of aryl methyl sites for hydroxylation is 1. The molecule has 2 heterocycles. The van der Waals surface area contributed by atoms with Gasteiger partial charge in [-0.3, -0.25) is 0 Å². The lowest BCUT2D eigenvalue weighted by Gasteiger charge is -2.17. The normalized spacial score (nSPS) is 17.4. The Hall–Kier alpha value is -2.88.